The Hall–Kier alpha value is -0.0500. The van der Waals surface area contributed by atoms with Crippen molar-refractivity contribution in [2.75, 3.05) is 6.54 Å². The largest absolute Gasteiger partial charge is 0.296 e. The highest BCUT2D eigenvalue weighted by Crippen LogP contribution is 2.25. The molecule has 82 valence electrons. The number of hydrogen-bond acceptors (Lipinski definition) is 1. The molecule has 1 aromatic rings. The first kappa shape index (κ1) is 11.4. The Bertz CT molecular complexity index is 353. The third-order valence-corrected chi connectivity index (χ3v) is 3.93. The van der Waals surface area contributed by atoms with E-state index in [-0.39, 0.29) is 0 Å². The van der Waals surface area contributed by atoms with Crippen molar-refractivity contribution in [2.45, 2.75) is 32.4 Å². The molecule has 0 aliphatic carbocycles. The van der Waals surface area contributed by atoms with Gasteiger partial charge in [0, 0.05) is 22.1 Å². The van der Waals surface area contributed by atoms with E-state index in [0.717, 1.165) is 16.0 Å². The fourth-order valence-electron chi connectivity index (χ4n) is 2.11. The molecule has 1 aliphatic heterocycles. The van der Waals surface area contributed by atoms with E-state index in [1.165, 1.54) is 24.9 Å². The Labute approximate surface area is 105 Å². The lowest BCUT2D eigenvalue weighted by atomic mass is 10.2. The van der Waals surface area contributed by atoms with Gasteiger partial charge in [-0.3, -0.25) is 4.90 Å². The maximum Gasteiger partial charge on any atom is 0.0451 e. The molecule has 3 heteroatoms. The molecule has 2 rings (SSSR count). The van der Waals surface area contributed by atoms with Crippen molar-refractivity contribution < 1.29 is 0 Å². The first-order chi connectivity index (χ1) is 7.16. The van der Waals surface area contributed by atoms with Crippen LogP contribution in [0.15, 0.2) is 22.7 Å². The first-order valence-corrected chi connectivity index (χ1v) is 6.52. The van der Waals surface area contributed by atoms with E-state index in [0.29, 0.717) is 6.04 Å². The van der Waals surface area contributed by atoms with Crippen molar-refractivity contribution in [1.29, 1.82) is 0 Å². The maximum absolute atomic E-state index is 6.17. The van der Waals surface area contributed by atoms with Gasteiger partial charge in [0.15, 0.2) is 0 Å². The predicted octanol–water partition coefficient (Wildman–Crippen LogP) is 4.09. The number of rotatable bonds is 2. The summed E-state index contributed by atoms with van der Waals surface area (Å²) in [4.78, 5) is 2.49. The summed E-state index contributed by atoms with van der Waals surface area (Å²) in [6, 6.07) is 6.76. The van der Waals surface area contributed by atoms with E-state index in [2.05, 4.69) is 33.8 Å². The molecule has 1 aliphatic rings. The van der Waals surface area contributed by atoms with Crippen molar-refractivity contribution in [3.63, 3.8) is 0 Å². The minimum atomic E-state index is 0.694. The minimum absolute atomic E-state index is 0.694. The van der Waals surface area contributed by atoms with Gasteiger partial charge in [0.25, 0.3) is 0 Å². The van der Waals surface area contributed by atoms with E-state index < -0.39 is 0 Å². The van der Waals surface area contributed by atoms with Gasteiger partial charge >= 0.3 is 0 Å². The highest BCUT2D eigenvalue weighted by Gasteiger charge is 2.20. The average molecular weight is 289 g/mol. The normalized spacial score (nSPS) is 22.2. The lowest BCUT2D eigenvalue weighted by Gasteiger charge is -2.21. The second-order valence-electron chi connectivity index (χ2n) is 4.20. The van der Waals surface area contributed by atoms with Gasteiger partial charge in [-0.25, -0.2) is 0 Å². The van der Waals surface area contributed by atoms with Gasteiger partial charge in [-0.1, -0.05) is 27.5 Å². The summed E-state index contributed by atoms with van der Waals surface area (Å²) in [6.07, 6.45) is 2.62. The predicted molar refractivity (Wildman–Crippen MR) is 68.3 cm³/mol. The average Bonchev–Trinajstić information content (AvgIpc) is 2.58. The van der Waals surface area contributed by atoms with Crippen LogP contribution in [0.25, 0.3) is 0 Å². The van der Waals surface area contributed by atoms with Crippen molar-refractivity contribution in [3.05, 3.63) is 33.3 Å². The van der Waals surface area contributed by atoms with Crippen LogP contribution in [-0.4, -0.2) is 17.5 Å². The van der Waals surface area contributed by atoms with Crippen LogP contribution in [0.5, 0.6) is 0 Å². The van der Waals surface area contributed by atoms with Crippen LogP contribution < -0.4 is 0 Å². The Morgan fingerprint density at radius 2 is 2.33 bits per heavy atom. The molecular formula is C12H15BrClN. The van der Waals surface area contributed by atoms with Gasteiger partial charge in [-0.2, -0.15) is 0 Å². The Balaban J connectivity index is 2.12. The van der Waals surface area contributed by atoms with Crippen LogP contribution in [0.4, 0.5) is 0 Å². The van der Waals surface area contributed by atoms with Crippen molar-refractivity contribution in [3.8, 4) is 0 Å². The molecule has 1 atom stereocenters. The third kappa shape index (κ3) is 2.74. The second kappa shape index (κ2) is 4.86. The summed E-state index contributed by atoms with van der Waals surface area (Å²) in [5, 5.41) is 0.873. The number of nitrogens with zero attached hydrogens (tertiary/aromatic N) is 1. The molecule has 0 aromatic heterocycles. The summed E-state index contributed by atoms with van der Waals surface area (Å²) >= 11 is 9.66. The molecule has 0 saturated carbocycles. The van der Waals surface area contributed by atoms with Gasteiger partial charge in [0.1, 0.15) is 0 Å². The molecule has 15 heavy (non-hydrogen) atoms. The number of hydrogen-bond donors (Lipinski definition) is 0. The van der Waals surface area contributed by atoms with Crippen molar-refractivity contribution in [2.24, 2.45) is 0 Å². The molecule has 0 bridgehead atoms. The molecule has 0 N–H and O–H groups in total. The quantitative estimate of drug-likeness (QED) is 0.792. The molecule has 1 nitrogen and oxygen atoms in total. The molecular weight excluding hydrogens is 273 g/mol. The van der Waals surface area contributed by atoms with Gasteiger partial charge in [-0.15, -0.1) is 0 Å². The molecule has 0 radical (unpaired) electrons. The standard InChI is InChI=1S/C12H15BrClN/c1-9-3-2-6-15(9)8-10-7-11(13)4-5-12(10)14/h4-5,7,9H,2-3,6,8H2,1H3/t9-/m0/s1. The van der Waals surface area contributed by atoms with E-state index in [9.17, 15) is 0 Å². The fourth-order valence-corrected chi connectivity index (χ4v) is 2.70. The summed E-state index contributed by atoms with van der Waals surface area (Å²) in [7, 11) is 0. The smallest absolute Gasteiger partial charge is 0.0451 e. The molecule has 1 fully saturated rings. The number of benzene rings is 1. The SMILES string of the molecule is C[C@H]1CCCN1Cc1cc(Br)ccc1Cl. The van der Waals surface area contributed by atoms with E-state index in [1.807, 2.05) is 12.1 Å². The highest BCUT2D eigenvalue weighted by atomic mass is 79.9. The lowest BCUT2D eigenvalue weighted by molar-refractivity contribution is 0.260. The van der Waals surface area contributed by atoms with Crippen LogP contribution in [0.3, 0.4) is 0 Å². The fraction of sp³-hybridized carbons (Fsp3) is 0.500. The van der Waals surface area contributed by atoms with Crippen molar-refractivity contribution in [1.82, 2.24) is 4.90 Å². The van der Waals surface area contributed by atoms with Crippen molar-refractivity contribution >= 4 is 27.5 Å². The molecule has 0 unspecified atom stereocenters. The summed E-state index contributed by atoms with van der Waals surface area (Å²) in [5.74, 6) is 0. The summed E-state index contributed by atoms with van der Waals surface area (Å²) in [6.45, 7) is 4.46. The maximum atomic E-state index is 6.17. The van der Waals surface area contributed by atoms with Crippen LogP contribution in [-0.2, 0) is 6.54 Å². The van der Waals surface area contributed by atoms with Crippen LogP contribution in [0.1, 0.15) is 25.3 Å². The lowest BCUT2D eigenvalue weighted by Crippen LogP contribution is -2.26. The Morgan fingerprint density at radius 1 is 1.53 bits per heavy atom. The molecule has 1 heterocycles. The zero-order valence-corrected chi connectivity index (χ0v) is 11.2. The second-order valence-corrected chi connectivity index (χ2v) is 5.52. The van der Waals surface area contributed by atoms with Crippen LogP contribution in [0, 0.1) is 0 Å². The monoisotopic (exact) mass is 287 g/mol. The highest BCUT2D eigenvalue weighted by molar-refractivity contribution is 9.10. The Morgan fingerprint density at radius 3 is 3.00 bits per heavy atom. The van der Waals surface area contributed by atoms with Crippen LogP contribution >= 0.6 is 27.5 Å². The molecule has 0 amide bonds. The van der Waals surface area contributed by atoms with E-state index in [1.54, 1.807) is 0 Å². The van der Waals surface area contributed by atoms with Gasteiger partial charge < -0.3 is 0 Å². The van der Waals surface area contributed by atoms with Gasteiger partial charge in [0.05, 0.1) is 0 Å². The zero-order valence-electron chi connectivity index (χ0n) is 8.84. The zero-order chi connectivity index (χ0) is 10.8. The van der Waals surface area contributed by atoms with Gasteiger partial charge in [0.2, 0.25) is 0 Å². The molecule has 1 saturated heterocycles. The third-order valence-electron chi connectivity index (χ3n) is 3.07. The molecule has 0 spiro atoms. The summed E-state index contributed by atoms with van der Waals surface area (Å²) in [5.41, 5.74) is 1.22. The van der Waals surface area contributed by atoms with E-state index >= 15 is 0 Å². The first-order valence-electron chi connectivity index (χ1n) is 5.35. The number of halogens is 2. The van der Waals surface area contributed by atoms with Crippen LogP contribution in [0.2, 0.25) is 5.02 Å². The summed E-state index contributed by atoms with van der Waals surface area (Å²) < 4.78 is 1.11. The Kier molecular flexibility index (Phi) is 3.70. The van der Waals surface area contributed by atoms with Gasteiger partial charge in [-0.05, 0) is 50.1 Å². The molecule has 1 aromatic carbocycles. The number of likely N-dealkylation sites (tertiary alicyclic amines) is 1. The minimum Gasteiger partial charge on any atom is -0.296 e. The topological polar surface area (TPSA) is 3.24 Å². The van der Waals surface area contributed by atoms with E-state index in [4.69, 9.17) is 11.6 Å².